The first-order valence-electron chi connectivity index (χ1n) is 16.4. The molecule has 1 aliphatic carbocycles. The Morgan fingerprint density at radius 1 is 1.02 bits per heavy atom. The predicted octanol–water partition coefficient (Wildman–Crippen LogP) is 7.54. The lowest BCUT2D eigenvalue weighted by atomic mass is 9.94. The van der Waals surface area contributed by atoms with Gasteiger partial charge in [0.2, 0.25) is 0 Å². The third-order valence-electron chi connectivity index (χ3n) is 8.32. The van der Waals surface area contributed by atoms with Gasteiger partial charge >= 0.3 is 6.09 Å². The van der Waals surface area contributed by atoms with Crippen LogP contribution in [0.25, 0.3) is 23.1 Å². The van der Waals surface area contributed by atoms with E-state index in [9.17, 15) is 9.59 Å². The molecule has 2 aromatic carbocycles. The van der Waals surface area contributed by atoms with Gasteiger partial charge in [0, 0.05) is 21.2 Å². The van der Waals surface area contributed by atoms with E-state index in [1.54, 1.807) is 6.20 Å². The number of hydrogen-bond donors (Lipinski definition) is 1. The molecule has 0 radical (unpaired) electrons. The van der Waals surface area contributed by atoms with E-state index < -0.39 is 11.7 Å². The van der Waals surface area contributed by atoms with Gasteiger partial charge in [0.15, 0.2) is 0 Å². The second-order valence-corrected chi connectivity index (χ2v) is 14.6. The first-order chi connectivity index (χ1) is 22.6. The van der Waals surface area contributed by atoms with Crippen molar-refractivity contribution in [3.63, 3.8) is 0 Å². The molecule has 0 atom stereocenters. The highest BCUT2D eigenvalue weighted by Crippen LogP contribution is 2.34. The number of hydrogen-bond acceptors (Lipinski definition) is 8. The van der Waals surface area contributed by atoms with Crippen LogP contribution in [0.4, 0.5) is 4.79 Å². The maximum absolute atomic E-state index is 13.3. The van der Waals surface area contributed by atoms with Crippen LogP contribution in [0.1, 0.15) is 74.6 Å². The fourth-order valence-corrected chi connectivity index (χ4v) is 6.52. The third-order valence-corrected chi connectivity index (χ3v) is 9.39. The smallest absolute Gasteiger partial charge is 0.435 e. The molecule has 246 valence electrons. The number of pyridine rings is 1. The minimum absolute atomic E-state index is 0.0660. The van der Waals surface area contributed by atoms with E-state index in [1.807, 2.05) is 87.5 Å². The molecule has 10 heteroatoms. The quantitative estimate of drug-likeness (QED) is 0.188. The molecule has 0 spiro atoms. The van der Waals surface area contributed by atoms with E-state index in [0.717, 1.165) is 64.9 Å². The zero-order valence-electron chi connectivity index (χ0n) is 27.6. The number of nitrogens with one attached hydrogen (secondary N) is 1. The number of rotatable bonds is 10. The van der Waals surface area contributed by atoms with E-state index >= 15 is 0 Å². The van der Waals surface area contributed by atoms with Crippen molar-refractivity contribution in [1.29, 1.82) is 0 Å². The van der Waals surface area contributed by atoms with Crippen molar-refractivity contribution in [2.75, 3.05) is 26.7 Å². The Labute approximate surface area is 280 Å². The van der Waals surface area contributed by atoms with Crippen LogP contribution in [0.3, 0.4) is 0 Å². The molecular formula is C37H43N5O4S. The number of aromatic nitrogens is 3. The second-order valence-electron chi connectivity index (χ2n) is 13.4. The van der Waals surface area contributed by atoms with Gasteiger partial charge in [-0.05, 0) is 134 Å². The molecule has 1 amide bonds. The maximum Gasteiger partial charge on any atom is 0.435 e. The Bertz CT molecular complexity index is 1750. The maximum atomic E-state index is 13.3. The molecule has 0 unspecified atom stereocenters. The zero-order chi connectivity index (χ0) is 33.0. The Kier molecular flexibility index (Phi) is 9.98. The molecule has 4 aromatic rings. The average Bonchev–Trinajstić information content (AvgIpc) is 3.79. The summed E-state index contributed by atoms with van der Waals surface area (Å²) < 4.78 is 13.0. The van der Waals surface area contributed by atoms with Gasteiger partial charge < -0.3 is 19.7 Å². The van der Waals surface area contributed by atoms with Gasteiger partial charge in [0.25, 0.3) is 5.91 Å². The minimum atomic E-state index is -0.688. The summed E-state index contributed by atoms with van der Waals surface area (Å²) in [5.74, 6) is 1.41. The summed E-state index contributed by atoms with van der Waals surface area (Å²) in [5, 5.41) is 8.53. The summed E-state index contributed by atoms with van der Waals surface area (Å²) >= 11 is 1.48. The fourth-order valence-electron chi connectivity index (χ4n) is 5.54. The average molecular weight is 654 g/mol. The molecule has 1 aliphatic heterocycles. The number of carbonyl (C=O) groups is 2. The highest BCUT2D eigenvalue weighted by Gasteiger charge is 2.26. The topological polar surface area (TPSA) is 98.6 Å². The van der Waals surface area contributed by atoms with Gasteiger partial charge in [-0.3, -0.25) is 9.78 Å². The van der Waals surface area contributed by atoms with Crippen LogP contribution in [0.5, 0.6) is 5.75 Å². The molecule has 1 saturated carbocycles. The van der Waals surface area contributed by atoms with E-state index in [-0.39, 0.29) is 11.9 Å². The van der Waals surface area contributed by atoms with Crippen LogP contribution in [0.2, 0.25) is 0 Å². The lowest BCUT2D eigenvalue weighted by Gasteiger charge is -2.28. The van der Waals surface area contributed by atoms with Crippen molar-refractivity contribution in [3.05, 3.63) is 77.7 Å². The summed E-state index contributed by atoms with van der Waals surface area (Å²) in [7, 11) is 2.18. The number of fused-ring (bicyclic) bond motifs is 1. The lowest BCUT2D eigenvalue weighted by molar-refractivity contribution is 0.0522. The van der Waals surface area contributed by atoms with Crippen molar-refractivity contribution in [1.82, 2.24) is 25.0 Å². The van der Waals surface area contributed by atoms with Gasteiger partial charge in [-0.25, -0.2) is 4.79 Å². The molecule has 6 rings (SSSR count). The van der Waals surface area contributed by atoms with Crippen molar-refractivity contribution in [2.24, 2.45) is 5.92 Å². The standard InChI is InChI=1S/C37H43N5O4S/c1-37(2,3)46-36(44)42-33-23-29(47-34-8-6-5-7-31(34)35(43)39-27-9-10-27)14-15-30(33)32(40-42)16-12-26-11-13-28(24-38-26)45-22-19-25-17-20-41(4)21-18-25/h5-8,11-16,23-25,27H,9-10,17-22H2,1-4H3,(H,39,43)/b16-12+. The number of carbonyl (C=O) groups excluding carboxylic acids is 2. The molecule has 2 aromatic heterocycles. The molecule has 1 N–H and O–H groups in total. The lowest BCUT2D eigenvalue weighted by Crippen LogP contribution is -2.30. The molecule has 3 heterocycles. The van der Waals surface area contributed by atoms with Gasteiger partial charge in [-0.2, -0.15) is 9.78 Å². The Balaban J connectivity index is 1.19. The van der Waals surface area contributed by atoms with E-state index in [1.165, 1.54) is 29.3 Å². The van der Waals surface area contributed by atoms with Crippen LogP contribution in [0, 0.1) is 5.92 Å². The summed E-state index contributed by atoms with van der Waals surface area (Å²) in [4.78, 5) is 34.9. The fraction of sp³-hybridized carbons (Fsp3) is 0.405. The Hall–Kier alpha value is -4.15. The number of piperidine rings is 1. The Morgan fingerprint density at radius 3 is 2.53 bits per heavy atom. The number of ether oxygens (including phenoxy) is 2. The van der Waals surface area contributed by atoms with Crippen molar-refractivity contribution >= 4 is 46.8 Å². The highest BCUT2D eigenvalue weighted by molar-refractivity contribution is 7.99. The number of benzene rings is 2. The number of nitrogens with zero attached hydrogens (tertiary/aromatic N) is 4. The summed E-state index contributed by atoms with van der Waals surface area (Å²) in [6.07, 6.45) is 10.5. The largest absolute Gasteiger partial charge is 0.492 e. The van der Waals surface area contributed by atoms with E-state index in [2.05, 4.69) is 27.3 Å². The summed E-state index contributed by atoms with van der Waals surface area (Å²) in [6.45, 7) is 8.50. The van der Waals surface area contributed by atoms with Crippen molar-refractivity contribution in [3.8, 4) is 5.75 Å². The summed E-state index contributed by atoms with van der Waals surface area (Å²) in [6, 6.07) is 17.6. The first-order valence-corrected chi connectivity index (χ1v) is 17.2. The molecule has 2 aliphatic rings. The number of likely N-dealkylation sites (tertiary alicyclic amines) is 1. The second kappa shape index (κ2) is 14.3. The van der Waals surface area contributed by atoms with Gasteiger partial charge in [-0.15, -0.1) is 0 Å². The number of amides is 1. The molecule has 1 saturated heterocycles. The minimum Gasteiger partial charge on any atom is -0.492 e. The van der Waals surface area contributed by atoms with Gasteiger partial charge in [0.1, 0.15) is 11.4 Å². The normalized spacial score (nSPS) is 16.1. The molecular weight excluding hydrogens is 611 g/mol. The highest BCUT2D eigenvalue weighted by atomic mass is 32.2. The first kappa shape index (κ1) is 32.8. The molecule has 47 heavy (non-hydrogen) atoms. The monoisotopic (exact) mass is 653 g/mol. The van der Waals surface area contributed by atoms with Crippen LogP contribution < -0.4 is 10.1 Å². The van der Waals surface area contributed by atoms with E-state index in [0.29, 0.717) is 23.4 Å². The third kappa shape index (κ3) is 8.81. The van der Waals surface area contributed by atoms with Crippen LogP contribution in [0.15, 0.2) is 70.6 Å². The van der Waals surface area contributed by atoms with Gasteiger partial charge in [0.05, 0.1) is 35.3 Å². The van der Waals surface area contributed by atoms with Crippen LogP contribution in [-0.2, 0) is 4.74 Å². The molecule has 2 fully saturated rings. The predicted molar refractivity (Wildman–Crippen MR) is 186 cm³/mol. The SMILES string of the molecule is CN1CCC(CCOc2ccc(/C=C/c3nn(C(=O)OC(C)(C)C)c4cc(Sc5ccccc5C(=O)NC5CC5)ccc34)nc2)CC1. The van der Waals surface area contributed by atoms with Crippen molar-refractivity contribution < 1.29 is 19.1 Å². The molecule has 9 nitrogen and oxygen atoms in total. The van der Waals surface area contributed by atoms with Crippen LogP contribution >= 0.6 is 11.8 Å². The summed E-state index contributed by atoms with van der Waals surface area (Å²) in [5.41, 5.74) is 1.93. The van der Waals surface area contributed by atoms with Crippen molar-refractivity contribution in [2.45, 2.75) is 74.3 Å². The van der Waals surface area contributed by atoms with Gasteiger partial charge in [-0.1, -0.05) is 23.9 Å². The Morgan fingerprint density at radius 2 is 1.81 bits per heavy atom. The van der Waals surface area contributed by atoms with E-state index in [4.69, 9.17) is 9.47 Å². The van der Waals surface area contributed by atoms with Crippen LogP contribution in [-0.4, -0.2) is 70.1 Å². The molecule has 0 bridgehead atoms. The zero-order valence-corrected chi connectivity index (χ0v) is 28.4.